The lowest BCUT2D eigenvalue weighted by Crippen LogP contribution is -2.38. The van der Waals surface area contributed by atoms with E-state index in [9.17, 15) is 4.79 Å². The van der Waals surface area contributed by atoms with E-state index < -0.39 is 0 Å². The fraction of sp³-hybridized carbons (Fsp3) is 0.923. The molecule has 4 nitrogen and oxygen atoms in total. The van der Waals surface area contributed by atoms with Crippen molar-refractivity contribution in [2.45, 2.75) is 57.2 Å². The minimum Gasteiger partial charge on any atom is -0.370 e. The second-order valence-corrected chi connectivity index (χ2v) is 5.25. The van der Waals surface area contributed by atoms with Crippen molar-refractivity contribution >= 4 is 5.91 Å². The summed E-state index contributed by atoms with van der Waals surface area (Å²) in [5.41, 5.74) is 0.206. The van der Waals surface area contributed by atoms with Crippen molar-refractivity contribution in [1.29, 1.82) is 0 Å². The molecule has 1 atom stereocenters. The Morgan fingerprint density at radius 3 is 2.82 bits per heavy atom. The smallest absolute Gasteiger partial charge is 0.233 e. The summed E-state index contributed by atoms with van der Waals surface area (Å²) >= 11 is 0. The molecule has 4 heteroatoms. The molecule has 1 saturated heterocycles. The molecule has 17 heavy (non-hydrogen) atoms. The summed E-state index contributed by atoms with van der Waals surface area (Å²) in [6.45, 7) is 3.84. The van der Waals surface area contributed by atoms with Gasteiger partial charge in [0.05, 0.1) is 18.2 Å². The lowest BCUT2D eigenvalue weighted by Gasteiger charge is -2.23. The van der Waals surface area contributed by atoms with Crippen LogP contribution < -0.4 is 10.6 Å². The predicted octanol–water partition coefficient (Wildman–Crippen LogP) is 1.20. The van der Waals surface area contributed by atoms with E-state index in [0.717, 1.165) is 13.0 Å². The van der Waals surface area contributed by atoms with Crippen LogP contribution in [0.15, 0.2) is 0 Å². The van der Waals surface area contributed by atoms with Gasteiger partial charge in [-0.2, -0.15) is 0 Å². The molecule has 1 aliphatic heterocycles. The first kappa shape index (κ1) is 12.8. The van der Waals surface area contributed by atoms with Gasteiger partial charge in [-0.3, -0.25) is 4.79 Å². The van der Waals surface area contributed by atoms with Crippen molar-refractivity contribution in [1.82, 2.24) is 10.6 Å². The van der Waals surface area contributed by atoms with E-state index in [0.29, 0.717) is 19.2 Å². The van der Waals surface area contributed by atoms with Gasteiger partial charge in [0, 0.05) is 13.1 Å². The molecule has 1 heterocycles. The number of hydrogen-bond donors (Lipinski definition) is 2. The molecular weight excluding hydrogens is 216 g/mol. The molecule has 1 aliphatic carbocycles. The molecule has 2 aliphatic rings. The summed E-state index contributed by atoms with van der Waals surface area (Å²) in [6.07, 6.45) is 7.77. The summed E-state index contributed by atoms with van der Waals surface area (Å²) in [4.78, 5) is 11.3. The third-order valence-corrected chi connectivity index (χ3v) is 3.88. The minimum atomic E-state index is 0.0704. The number of nitrogens with one attached hydrogen (secondary N) is 2. The minimum absolute atomic E-state index is 0.0704. The molecule has 1 unspecified atom stereocenters. The van der Waals surface area contributed by atoms with Crippen LogP contribution in [0, 0.1) is 0 Å². The Morgan fingerprint density at radius 2 is 2.12 bits per heavy atom. The zero-order valence-electron chi connectivity index (χ0n) is 10.8. The van der Waals surface area contributed by atoms with Crippen molar-refractivity contribution in [2.24, 2.45) is 0 Å². The van der Waals surface area contributed by atoms with E-state index in [2.05, 4.69) is 10.6 Å². The van der Waals surface area contributed by atoms with Crippen LogP contribution in [0.25, 0.3) is 0 Å². The van der Waals surface area contributed by atoms with Gasteiger partial charge in [-0.1, -0.05) is 12.8 Å². The molecule has 1 spiro atoms. The molecule has 0 radical (unpaired) electrons. The number of carbonyl (C=O) groups excluding carboxylic acids is 1. The van der Waals surface area contributed by atoms with Crippen molar-refractivity contribution in [3.8, 4) is 0 Å². The summed E-state index contributed by atoms with van der Waals surface area (Å²) in [5.74, 6) is 0.0704. The van der Waals surface area contributed by atoms with Gasteiger partial charge in [0.2, 0.25) is 5.91 Å². The molecule has 1 amide bonds. The lowest BCUT2D eigenvalue weighted by atomic mass is 9.98. The van der Waals surface area contributed by atoms with Gasteiger partial charge in [0.15, 0.2) is 0 Å². The Hall–Kier alpha value is -0.610. The molecule has 0 bridgehead atoms. The van der Waals surface area contributed by atoms with Crippen LogP contribution in [0.1, 0.15) is 45.4 Å². The van der Waals surface area contributed by atoms with Crippen LogP contribution in [0.5, 0.6) is 0 Å². The average molecular weight is 240 g/mol. The highest BCUT2D eigenvalue weighted by molar-refractivity contribution is 5.77. The van der Waals surface area contributed by atoms with Gasteiger partial charge in [0.25, 0.3) is 0 Å². The largest absolute Gasteiger partial charge is 0.370 e. The van der Waals surface area contributed by atoms with E-state index in [-0.39, 0.29) is 11.5 Å². The SMILES string of the molecule is CCNC(=O)CNCC1CCC2(CCCC2)O1. The maximum absolute atomic E-state index is 11.3. The molecular formula is C13H24N2O2. The normalized spacial score (nSPS) is 26.5. The summed E-state index contributed by atoms with van der Waals surface area (Å²) in [6, 6.07) is 0. The van der Waals surface area contributed by atoms with E-state index in [1.165, 1.54) is 32.1 Å². The second-order valence-electron chi connectivity index (χ2n) is 5.25. The third-order valence-electron chi connectivity index (χ3n) is 3.88. The quantitative estimate of drug-likeness (QED) is 0.759. The van der Waals surface area contributed by atoms with Gasteiger partial charge >= 0.3 is 0 Å². The van der Waals surface area contributed by atoms with E-state index in [1.54, 1.807) is 0 Å². The van der Waals surface area contributed by atoms with Gasteiger partial charge < -0.3 is 15.4 Å². The predicted molar refractivity (Wildman–Crippen MR) is 66.9 cm³/mol. The molecule has 2 N–H and O–H groups in total. The summed E-state index contributed by atoms with van der Waals surface area (Å²) < 4.78 is 6.16. The number of hydrogen-bond acceptors (Lipinski definition) is 3. The molecule has 1 saturated carbocycles. The van der Waals surface area contributed by atoms with Crippen LogP contribution in [-0.2, 0) is 9.53 Å². The average Bonchev–Trinajstić information content (AvgIpc) is 2.91. The van der Waals surface area contributed by atoms with Crippen molar-refractivity contribution in [3.05, 3.63) is 0 Å². The van der Waals surface area contributed by atoms with Crippen LogP contribution in [0.2, 0.25) is 0 Å². The van der Waals surface area contributed by atoms with Crippen LogP contribution in [0.3, 0.4) is 0 Å². The van der Waals surface area contributed by atoms with E-state index in [1.807, 2.05) is 6.92 Å². The molecule has 0 aromatic heterocycles. The molecule has 2 fully saturated rings. The highest BCUT2D eigenvalue weighted by Gasteiger charge is 2.41. The lowest BCUT2D eigenvalue weighted by molar-refractivity contribution is -0.120. The van der Waals surface area contributed by atoms with Gasteiger partial charge in [-0.05, 0) is 32.6 Å². The molecule has 2 rings (SSSR count). The Balaban J connectivity index is 1.63. The zero-order chi connectivity index (χ0) is 12.1. The van der Waals surface area contributed by atoms with Crippen LogP contribution in [-0.4, -0.2) is 37.2 Å². The first-order valence-electron chi connectivity index (χ1n) is 6.89. The fourth-order valence-corrected chi connectivity index (χ4v) is 3.03. The number of amides is 1. The molecule has 98 valence electrons. The Bertz CT molecular complexity index is 262. The Kier molecular flexibility index (Phi) is 4.40. The standard InChI is InChI=1S/C13H24N2O2/c1-2-15-12(16)10-14-9-11-5-8-13(17-11)6-3-4-7-13/h11,14H,2-10H2,1H3,(H,15,16). The maximum atomic E-state index is 11.3. The van der Waals surface area contributed by atoms with Crippen molar-refractivity contribution in [2.75, 3.05) is 19.6 Å². The highest BCUT2D eigenvalue weighted by atomic mass is 16.5. The van der Waals surface area contributed by atoms with Crippen molar-refractivity contribution < 1.29 is 9.53 Å². The maximum Gasteiger partial charge on any atom is 0.233 e. The van der Waals surface area contributed by atoms with E-state index in [4.69, 9.17) is 4.74 Å². The number of ether oxygens (including phenoxy) is 1. The molecule has 0 aromatic rings. The Labute approximate surface area is 103 Å². The van der Waals surface area contributed by atoms with Gasteiger partial charge in [-0.25, -0.2) is 0 Å². The highest BCUT2D eigenvalue weighted by Crippen LogP contribution is 2.42. The third kappa shape index (κ3) is 3.42. The first-order valence-corrected chi connectivity index (χ1v) is 6.89. The Morgan fingerprint density at radius 1 is 1.35 bits per heavy atom. The monoisotopic (exact) mass is 240 g/mol. The van der Waals surface area contributed by atoms with Crippen molar-refractivity contribution in [3.63, 3.8) is 0 Å². The number of rotatable bonds is 5. The van der Waals surface area contributed by atoms with Gasteiger partial charge in [0.1, 0.15) is 0 Å². The van der Waals surface area contributed by atoms with E-state index >= 15 is 0 Å². The summed E-state index contributed by atoms with van der Waals surface area (Å²) in [5, 5.41) is 5.96. The van der Waals surface area contributed by atoms with Crippen LogP contribution >= 0.6 is 0 Å². The topological polar surface area (TPSA) is 50.4 Å². The zero-order valence-corrected chi connectivity index (χ0v) is 10.8. The number of likely N-dealkylation sites (N-methyl/N-ethyl adjacent to an activating group) is 1. The molecule has 0 aromatic carbocycles. The first-order chi connectivity index (χ1) is 8.24. The fourth-order valence-electron chi connectivity index (χ4n) is 3.03. The second kappa shape index (κ2) is 5.83. The number of carbonyl (C=O) groups is 1. The van der Waals surface area contributed by atoms with Crippen LogP contribution in [0.4, 0.5) is 0 Å². The van der Waals surface area contributed by atoms with Gasteiger partial charge in [-0.15, -0.1) is 0 Å². The summed E-state index contributed by atoms with van der Waals surface area (Å²) in [7, 11) is 0.